The molecule has 0 bridgehead atoms. The standard InChI is InChI=1S/C17H20O3/c1-19-16-7-3-5-13(11-16)9-15(18)10-14-6-4-8-17(12-14)20-2/h3-8,11-12,15,18H,9-10H2,1-2H3. The smallest absolute Gasteiger partial charge is 0.119 e. The molecule has 0 amide bonds. The zero-order chi connectivity index (χ0) is 14.4. The fraction of sp³-hybridized carbons (Fsp3) is 0.294. The lowest BCUT2D eigenvalue weighted by Gasteiger charge is -2.12. The molecule has 0 aromatic heterocycles. The summed E-state index contributed by atoms with van der Waals surface area (Å²) in [7, 11) is 3.29. The van der Waals surface area contributed by atoms with Gasteiger partial charge >= 0.3 is 0 Å². The SMILES string of the molecule is COc1cccc(CC(O)Cc2cccc(OC)c2)c1. The molecule has 20 heavy (non-hydrogen) atoms. The van der Waals surface area contributed by atoms with Gasteiger partial charge in [0.05, 0.1) is 20.3 Å². The van der Waals surface area contributed by atoms with Crippen molar-refractivity contribution in [2.24, 2.45) is 0 Å². The predicted octanol–water partition coefficient (Wildman–Crippen LogP) is 2.85. The molecule has 0 spiro atoms. The molecule has 0 heterocycles. The highest BCUT2D eigenvalue weighted by Crippen LogP contribution is 2.17. The minimum absolute atomic E-state index is 0.422. The molecule has 0 fully saturated rings. The first-order chi connectivity index (χ1) is 9.71. The van der Waals surface area contributed by atoms with Crippen molar-refractivity contribution in [1.29, 1.82) is 0 Å². The monoisotopic (exact) mass is 272 g/mol. The van der Waals surface area contributed by atoms with Crippen molar-refractivity contribution in [2.45, 2.75) is 18.9 Å². The van der Waals surface area contributed by atoms with Gasteiger partial charge in [-0.25, -0.2) is 0 Å². The van der Waals surface area contributed by atoms with Gasteiger partial charge < -0.3 is 14.6 Å². The molecule has 2 aromatic carbocycles. The maximum atomic E-state index is 10.2. The van der Waals surface area contributed by atoms with Crippen molar-refractivity contribution < 1.29 is 14.6 Å². The second-order valence-electron chi connectivity index (χ2n) is 4.77. The highest BCUT2D eigenvalue weighted by molar-refractivity contribution is 5.30. The van der Waals surface area contributed by atoms with Crippen LogP contribution in [0, 0.1) is 0 Å². The van der Waals surface area contributed by atoms with Crippen LogP contribution < -0.4 is 9.47 Å². The zero-order valence-corrected chi connectivity index (χ0v) is 11.9. The van der Waals surface area contributed by atoms with Crippen molar-refractivity contribution in [3.8, 4) is 11.5 Å². The molecule has 3 heteroatoms. The Hall–Kier alpha value is -2.00. The summed E-state index contributed by atoms with van der Waals surface area (Å²) in [5.41, 5.74) is 2.14. The van der Waals surface area contributed by atoms with Crippen LogP contribution in [0.3, 0.4) is 0 Å². The number of methoxy groups -OCH3 is 2. The van der Waals surface area contributed by atoms with Gasteiger partial charge in [0.1, 0.15) is 11.5 Å². The number of ether oxygens (including phenoxy) is 2. The molecule has 0 saturated heterocycles. The van der Waals surface area contributed by atoms with Crippen LogP contribution in [0.15, 0.2) is 48.5 Å². The fourth-order valence-electron chi connectivity index (χ4n) is 2.22. The first-order valence-corrected chi connectivity index (χ1v) is 6.65. The van der Waals surface area contributed by atoms with Crippen LogP contribution in [0.5, 0.6) is 11.5 Å². The molecule has 0 aliphatic rings. The molecule has 0 aliphatic carbocycles. The van der Waals surface area contributed by atoms with E-state index in [9.17, 15) is 5.11 Å². The van der Waals surface area contributed by atoms with Crippen molar-refractivity contribution in [3.63, 3.8) is 0 Å². The van der Waals surface area contributed by atoms with Gasteiger partial charge in [-0.05, 0) is 48.2 Å². The molecule has 2 rings (SSSR count). The topological polar surface area (TPSA) is 38.7 Å². The van der Waals surface area contributed by atoms with E-state index in [4.69, 9.17) is 9.47 Å². The first kappa shape index (κ1) is 14.4. The molecule has 0 aliphatic heterocycles. The Balaban J connectivity index is 1.99. The zero-order valence-electron chi connectivity index (χ0n) is 11.9. The molecule has 3 nitrogen and oxygen atoms in total. The van der Waals surface area contributed by atoms with E-state index in [0.29, 0.717) is 12.8 Å². The van der Waals surface area contributed by atoms with Gasteiger partial charge in [0.25, 0.3) is 0 Å². The number of hydrogen-bond donors (Lipinski definition) is 1. The van der Waals surface area contributed by atoms with Gasteiger partial charge in [0, 0.05) is 0 Å². The van der Waals surface area contributed by atoms with E-state index >= 15 is 0 Å². The predicted molar refractivity (Wildman–Crippen MR) is 79.4 cm³/mol. The maximum Gasteiger partial charge on any atom is 0.119 e. The van der Waals surface area contributed by atoms with Crippen LogP contribution in [-0.2, 0) is 12.8 Å². The summed E-state index contributed by atoms with van der Waals surface area (Å²) in [6, 6.07) is 15.6. The Morgan fingerprint density at radius 1 is 0.850 bits per heavy atom. The third-order valence-electron chi connectivity index (χ3n) is 3.21. The molecule has 0 unspecified atom stereocenters. The van der Waals surface area contributed by atoms with E-state index in [1.54, 1.807) is 14.2 Å². The van der Waals surface area contributed by atoms with Gasteiger partial charge in [-0.1, -0.05) is 24.3 Å². The van der Waals surface area contributed by atoms with E-state index < -0.39 is 6.10 Å². The van der Waals surface area contributed by atoms with E-state index in [0.717, 1.165) is 22.6 Å². The molecule has 0 saturated carbocycles. The number of rotatable bonds is 6. The molecule has 1 N–H and O–H groups in total. The summed E-state index contributed by atoms with van der Waals surface area (Å²) in [6.07, 6.45) is 0.789. The van der Waals surface area contributed by atoms with Crippen molar-refractivity contribution in [1.82, 2.24) is 0 Å². The summed E-state index contributed by atoms with van der Waals surface area (Å²) in [4.78, 5) is 0. The summed E-state index contributed by atoms with van der Waals surface area (Å²) in [6.45, 7) is 0. The quantitative estimate of drug-likeness (QED) is 0.879. The minimum Gasteiger partial charge on any atom is -0.497 e. The normalized spacial score (nSPS) is 10.6. The summed E-state index contributed by atoms with van der Waals surface area (Å²) < 4.78 is 10.4. The van der Waals surface area contributed by atoms with E-state index in [-0.39, 0.29) is 0 Å². The van der Waals surface area contributed by atoms with Crippen LogP contribution in [0.1, 0.15) is 11.1 Å². The van der Waals surface area contributed by atoms with Crippen LogP contribution >= 0.6 is 0 Å². The molecule has 106 valence electrons. The Morgan fingerprint density at radius 2 is 1.30 bits per heavy atom. The van der Waals surface area contributed by atoms with Gasteiger partial charge in [-0.3, -0.25) is 0 Å². The average molecular weight is 272 g/mol. The van der Waals surface area contributed by atoms with Crippen molar-refractivity contribution >= 4 is 0 Å². The van der Waals surface area contributed by atoms with Gasteiger partial charge in [-0.2, -0.15) is 0 Å². The van der Waals surface area contributed by atoms with Gasteiger partial charge in [0.2, 0.25) is 0 Å². The van der Waals surface area contributed by atoms with Gasteiger partial charge in [-0.15, -0.1) is 0 Å². The van der Waals surface area contributed by atoms with Crippen LogP contribution in [0.2, 0.25) is 0 Å². The highest BCUT2D eigenvalue weighted by atomic mass is 16.5. The Kier molecular flexibility index (Phi) is 5.02. The third-order valence-corrected chi connectivity index (χ3v) is 3.21. The maximum absolute atomic E-state index is 10.2. The van der Waals surface area contributed by atoms with Crippen LogP contribution in [-0.4, -0.2) is 25.4 Å². The van der Waals surface area contributed by atoms with E-state index in [2.05, 4.69) is 0 Å². The lowest BCUT2D eigenvalue weighted by molar-refractivity contribution is 0.175. The fourth-order valence-corrected chi connectivity index (χ4v) is 2.22. The lowest BCUT2D eigenvalue weighted by Crippen LogP contribution is -2.14. The minimum atomic E-state index is -0.422. The molecule has 2 aromatic rings. The molecule has 0 atom stereocenters. The number of aliphatic hydroxyl groups excluding tert-OH is 1. The van der Waals surface area contributed by atoms with Crippen LogP contribution in [0.4, 0.5) is 0 Å². The van der Waals surface area contributed by atoms with Crippen molar-refractivity contribution in [2.75, 3.05) is 14.2 Å². The second kappa shape index (κ2) is 6.96. The van der Waals surface area contributed by atoms with Crippen LogP contribution in [0.25, 0.3) is 0 Å². The largest absolute Gasteiger partial charge is 0.497 e. The molecular weight excluding hydrogens is 252 g/mol. The third kappa shape index (κ3) is 4.00. The Morgan fingerprint density at radius 3 is 1.70 bits per heavy atom. The van der Waals surface area contributed by atoms with E-state index in [1.165, 1.54) is 0 Å². The number of benzene rings is 2. The lowest BCUT2D eigenvalue weighted by atomic mass is 10.0. The van der Waals surface area contributed by atoms with Crippen molar-refractivity contribution in [3.05, 3.63) is 59.7 Å². The van der Waals surface area contributed by atoms with Gasteiger partial charge in [0.15, 0.2) is 0 Å². The van der Waals surface area contributed by atoms with E-state index in [1.807, 2.05) is 48.5 Å². The highest BCUT2D eigenvalue weighted by Gasteiger charge is 2.08. The Labute approximate surface area is 119 Å². The molecular formula is C17H20O3. The number of aliphatic hydroxyl groups is 1. The summed E-state index contributed by atoms with van der Waals surface area (Å²) in [5.74, 6) is 1.63. The molecule has 0 radical (unpaired) electrons. The summed E-state index contributed by atoms with van der Waals surface area (Å²) >= 11 is 0. The number of hydrogen-bond acceptors (Lipinski definition) is 3. The summed E-state index contributed by atoms with van der Waals surface area (Å²) in [5, 5.41) is 10.2. The second-order valence-corrected chi connectivity index (χ2v) is 4.77. The average Bonchev–Trinajstić information content (AvgIpc) is 2.47. The first-order valence-electron chi connectivity index (χ1n) is 6.65. The Bertz CT molecular complexity index is 502.